The molecule has 0 amide bonds. The molecule has 1 fully saturated rings. The van der Waals surface area contributed by atoms with Gasteiger partial charge in [0.2, 0.25) is 0 Å². The third-order valence-electron chi connectivity index (χ3n) is 2.55. The molecule has 6 heteroatoms. The molecule has 2 heterocycles. The van der Waals surface area contributed by atoms with Crippen LogP contribution >= 0.6 is 11.6 Å². The molecule has 1 saturated heterocycles. The number of aryl methyl sites for hydroxylation is 1. The predicted molar refractivity (Wildman–Crippen MR) is 66.5 cm³/mol. The molecule has 0 N–H and O–H groups in total. The number of hydrogen-bond acceptors (Lipinski definition) is 4. The zero-order valence-corrected chi connectivity index (χ0v) is 10.7. The fourth-order valence-corrected chi connectivity index (χ4v) is 2.89. The molecule has 0 unspecified atom stereocenters. The zero-order chi connectivity index (χ0) is 11.5. The van der Waals surface area contributed by atoms with E-state index in [0.29, 0.717) is 16.7 Å². The van der Waals surface area contributed by atoms with Crippen LogP contribution in [0.15, 0.2) is 6.07 Å². The van der Waals surface area contributed by atoms with E-state index in [0.717, 1.165) is 31.2 Å². The van der Waals surface area contributed by atoms with Crippen molar-refractivity contribution in [2.24, 2.45) is 0 Å². The fraction of sp³-hybridized carbons (Fsp3) is 0.600. The largest absolute Gasteiger partial charge is 0.616 e. The maximum absolute atomic E-state index is 11.3. The monoisotopic (exact) mass is 259 g/mol. The molecule has 0 aliphatic carbocycles. The van der Waals surface area contributed by atoms with E-state index in [1.54, 1.807) is 6.07 Å². The second kappa shape index (κ2) is 5.21. The van der Waals surface area contributed by atoms with Gasteiger partial charge in [0.05, 0.1) is 13.1 Å². The van der Waals surface area contributed by atoms with Crippen LogP contribution in [0.3, 0.4) is 0 Å². The summed E-state index contributed by atoms with van der Waals surface area (Å²) < 4.78 is 11.3. The van der Waals surface area contributed by atoms with Gasteiger partial charge >= 0.3 is 0 Å². The first-order chi connectivity index (χ1) is 7.69. The van der Waals surface area contributed by atoms with Crippen LogP contribution < -0.4 is 4.90 Å². The van der Waals surface area contributed by atoms with Gasteiger partial charge in [0.25, 0.3) is 0 Å². The van der Waals surface area contributed by atoms with Crippen molar-refractivity contribution in [3.05, 3.63) is 17.0 Å². The van der Waals surface area contributed by atoms with E-state index in [4.69, 9.17) is 11.6 Å². The van der Waals surface area contributed by atoms with Crippen molar-refractivity contribution in [1.29, 1.82) is 0 Å². The first kappa shape index (κ1) is 12.0. The molecule has 4 nitrogen and oxygen atoms in total. The third-order valence-corrected chi connectivity index (χ3v) is 4.02. The normalized spacial score (nSPS) is 17.8. The summed E-state index contributed by atoms with van der Waals surface area (Å²) in [6.45, 7) is 3.56. The highest BCUT2D eigenvalue weighted by atomic mass is 35.5. The molecule has 0 atom stereocenters. The summed E-state index contributed by atoms with van der Waals surface area (Å²) in [4.78, 5) is 10.7. The lowest BCUT2D eigenvalue weighted by molar-refractivity contribution is 0.585. The van der Waals surface area contributed by atoms with Crippen molar-refractivity contribution >= 4 is 28.6 Å². The van der Waals surface area contributed by atoms with E-state index in [1.165, 1.54) is 0 Å². The average Bonchev–Trinajstić information content (AvgIpc) is 2.29. The molecule has 0 aromatic carbocycles. The fourth-order valence-electron chi connectivity index (χ4n) is 1.64. The number of aromatic nitrogens is 2. The number of hydrogen-bond donors (Lipinski definition) is 0. The van der Waals surface area contributed by atoms with E-state index in [-0.39, 0.29) is 0 Å². The lowest BCUT2D eigenvalue weighted by Gasteiger charge is -2.29. The van der Waals surface area contributed by atoms with Crippen molar-refractivity contribution in [2.45, 2.75) is 13.3 Å². The summed E-state index contributed by atoms with van der Waals surface area (Å²) in [7, 11) is 0. The molecule has 0 radical (unpaired) electrons. The second-order valence-corrected chi connectivity index (χ2v) is 5.74. The Balaban J connectivity index is 2.16. The molecular formula is C10H14ClN3OS. The highest BCUT2D eigenvalue weighted by molar-refractivity contribution is 7.91. The van der Waals surface area contributed by atoms with Gasteiger partial charge in [0.15, 0.2) is 0 Å². The van der Waals surface area contributed by atoms with Crippen molar-refractivity contribution in [3.63, 3.8) is 0 Å². The summed E-state index contributed by atoms with van der Waals surface area (Å²) in [5.74, 6) is 3.04. The first-order valence-corrected chi connectivity index (χ1v) is 7.19. The van der Waals surface area contributed by atoms with Crippen LogP contribution in [-0.4, -0.2) is 39.1 Å². The van der Waals surface area contributed by atoms with Gasteiger partial charge in [0, 0.05) is 12.5 Å². The Labute approximate surface area is 103 Å². The van der Waals surface area contributed by atoms with Gasteiger partial charge in [-0.2, -0.15) is 0 Å². The number of anilines is 1. The molecule has 1 aliphatic heterocycles. The molecule has 2 rings (SSSR count). The van der Waals surface area contributed by atoms with Crippen LogP contribution in [0.5, 0.6) is 0 Å². The zero-order valence-electron chi connectivity index (χ0n) is 9.15. The second-order valence-electron chi connectivity index (χ2n) is 3.65. The summed E-state index contributed by atoms with van der Waals surface area (Å²) in [5.41, 5.74) is 0. The Morgan fingerprint density at radius 2 is 2.12 bits per heavy atom. The quantitative estimate of drug-likeness (QED) is 0.593. The minimum Gasteiger partial charge on any atom is -0.616 e. The van der Waals surface area contributed by atoms with Gasteiger partial charge < -0.3 is 9.45 Å². The highest BCUT2D eigenvalue weighted by Crippen LogP contribution is 2.18. The molecular weight excluding hydrogens is 246 g/mol. The van der Waals surface area contributed by atoms with Crippen LogP contribution in [0.4, 0.5) is 5.82 Å². The van der Waals surface area contributed by atoms with Crippen molar-refractivity contribution in [1.82, 2.24) is 9.97 Å². The summed E-state index contributed by atoms with van der Waals surface area (Å²) in [6.07, 6.45) is 0.771. The van der Waals surface area contributed by atoms with E-state index >= 15 is 0 Å². The minimum absolute atomic E-state index is 0.480. The average molecular weight is 260 g/mol. The van der Waals surface area contributed by atoms with E-state index in [9.17, 15) is 4.55 Å². The first-order valence-electron chi connectivity index (χ1n) is 5.32. The smallest absolute Gasteiger partial charge is 0.134 e. The van der Waals surface area contributed by atoms with Crippen molar-refractivity contribution in [3.8, 4) is 0 Å². The summed E-state index contributed by atoms with van der Waals surface area (Å²) in [6, 6.07) is 1.77. The number of halogens is 1. The molecule has 0 saturated carbocycles. The van der Waals surface area contributed by atoms with Crippen molar-refractivity contribution in [2.75, 3.05) is 29.5 Å². The number of rotatable bonds is 2. The Bertz CT molecular complexity index is 369. The lowest BCUT2D eigenvalue weighted by Crippen LogP contribution is -2.40. The van der Waals surface area contributed by atoms with Crippen LogP contribution in [0.25, 0.3) is 0 Å². The molecule has 1 aliphatic rings. The van der Waals surface area contributed by atoms with Crippen molar-refractivity contribution < 1.29 is 4.55 Å². The van der Waals surface area contributed by atoms with E-state index < -0.39 is 11.2 Å². The minimum atomic E-state index is -0.665. The van der Waals surface area contributed by atoms with Gasteiger partial charge in [-0.05, 0) is 0 Å². The third kappa shape index (κ3) is 2.78. The molecule has 0 bridgehead atoms. The Morgan fingerprint density at radius 3 is 2.75 bits per heavy atom. The maximum atomic E-state index is 11.3. The lowest BCUT2D eigenvalue weighted by atomic mass is 10.4. The van der Waals surface area contributed by atoms with Gasteiger partial charge in [-0.25, -0.2) is 9.97 Å². The SMILES string of the molecule is CCc1nc(Cl)cc(N2CC[S+]([O-])CC2)n1. The van der Waals surface area contributed by atoms with E-state index in [2.05, 4.69) is 14.9 Å². The summed E-state index contributed by atoms with van der Waals surface area (Å²) >= 11 is 5.27. The molecule has 1 aromatic rings. The molecule has 0 spiro atoms. The van der Waals surface area contributed by atoms with Gasteiger partial charge in [0.1, 0.15) is 28.3 Å². The standard InChI is InChI=1S/C10H14ClN3OS/c1-2-9-12-8(11)7-10(13-9)14-3-5-16(15)6-4-14/h7H,2-6H2,1H3. The topological polar surface area (TPSA) is 52.1 Å². The Hall–Kier alpha value is -0.520. The van der Waals surface area contributed by atoms with Crippen LogP contribution in [0.1, 0.15) is 12.7 Å². The molecule has 1 aromatic heterocycles. The van der Waals surface area contributed by atoms with Crippen LogP contribution in [-0.2, 0) is 17.6 Å². The number of nitrogens with zero attached hydrogens (tertiary/aromatic N) is 3. The molecule has 88 valence electrons. The highest BCUT2D eigenvalue weighted by Gasteiger charge is 2.21. The summed E-state index contributed by atoms with van der Waals surface area (Å²) in [5, 5.41) is 0.480. The van der Waals surface area contributed by atoms with Gasteiger partial charge in [-0.15, -0.1) is 0 Å². The maximum Gasteiger partial charge on any atom is 0.134 e. The van der Waals surface area contributed by atoms with Crippen LogP contribution in [0, 0.1) is 0 Å². The Morgan fingerprint density at radius 1 is 1.44 bits per heavy atom. The van der Waals surface area contributed by atoms with Gasteiger partial charge in [-0.1, -0.05) is 29.7 Å². The Kier molecular flexibility index (Phi) is 3.89. The van der Waals surface area contributed by atoms with Crippen LogP contribution in [0.2, 0.25) is 5.15 Å². The predicted octanol–water partition coefficient (Wildman–Crippen LogP) is 1.26. The molecule has 16 heavy (non-hydrogen) atoms. The van der Waals surface area contributed by atoms with E-state index in [1.807, 2.05) is 6.92 Å². The van der Waals surface area contributed by atoms with Gasteiger partial charge in [-0.3, -0.25) is 0 Å².